The molecule has 0 atom stereocenters. The number of aromatic nitrogens is 1. The van der Waals surface area contributed by atoms with Gasteiger partial charge in [0.15, 0.2) is 5.13 Å². The van der Waals surface area contributed by atoms with Gasteiger partial charge < -0.3 is 4.74 Å². The quantitative estimate of drug-likeness (QED) is 0.550. The van der Waals surface area contributed by atoms with E-state index in [9.17, 15) is 22.0 Å². The maximum atomic E-state index is 13.8. The second kappa shape index (κ2) is 7.53. The lowest BCUT2D eigenvalue weighted by molar-refractivity contribution is -0.142. The number of rotatable bonds is 6. The van der Waals surface area contributed by atoms with Gasteiger partial charge in [0.25, 0.3) is 10.0 Å². The summed E-state index contributed by atoms with van der Waals surface area (Å²) in [4.78, 5) is 14.4. The molecule has 0 radical (unpaired) electrons. The van der Waals surface area contributed by atoms with Gasteiger partial charge in [-0.1, -0.05) is 0 Å². The second-order valence-electron chi connectivity index (χ2n) is 4.43. The van der Waals surface area contributed by atoms with Crippen LogP contribution < -0.4 is 4.72 Å². The standard InChI is InChI=1S/C13H11BrF2N2O4S2/c1-2-22-12(19)3-7-6-23-13(17-7)18-24(20,21)11-5-9(15)8(14)4-10(11)16/h4-6H,2-3H2,1H3,(H,17,18). The minimum absolute atomic E-state index is 0.0722. The van der Waals surface area contributed by atoms with Gasteiger partial charge in [-0.25, -0.2) is 22.2 Å². The molecule has 11 heteroatoms. The van der Waals surface area contributed by atoms with Gasteiger partial charge in [0.05, 0.1) is 23.2 Å². The number of carbonyl (C=O) groups excluding carboxylic acids is 1. The third-order valence-corrected chi connectivity index (χ3v) is 5.57. The van der Waals surface area contributed by atoms with Gasteiger partial charge in [-0.05, 0) is 35.0 Å². The molecule has 0 aliphatic carbocycles. The highest BCUT2D eigenvalue weighted by atomic mass is 79.9. The third kappa shape index (κ3) is 4.48. The van der Waals surface area contributed by atoms with Crippen molar-refractivity contribution in [3.05, 3.63) is 39.3 Å². The van der Waals surface area contributed by atoms with Crippen LogP contribution in [0.25, 0.3) is 0 Å². The Morgan fingerprint density at radius 1 is 1.38 bits per heavy atom. The molecule has 0 fully saturated rings. The first-order valence-electron chi connectivity index (χ1n) is 6.50. The molecule has 1 heterocycles. The summed E-state index contributed by atoms with van der Waals surface area (Å²) in [6.07, 6.45) is -0.118. The molecule has 0 aliphatic heterocycles. The zero-order valence-corrected chi connectivity index (χ0v) is 15.4. The van der Waals surface area contributed by atoms with E-state index in [1.165, 1.54) is 5.38 Å². The molecule has 2 aromatic rings. The van der Waals surface area contributed by atoms with Crippen molar-refractivity contribution in [3.8, 4) is 0 Å². The lowest BCUT2D eigenvalue weighted by atomic mass is 10.3. The highest BCUT2D eigenvalue weighted by Crippen LogP contribution is 2.26. The first-order chi connectivity index (χ1) is 11.2. The minimum atomic E-state index is -4.36. The van der Waals surface area contributed by atoms with Crippen LogP contribution >= 0.6 is 27.3 Å². The maximum Gasteiger partial charge on any atom is 0.311 e. The average molecular weight is 441 g/mol. The summed E-state index contributed by atoms with van der Waals surface area (Å²) < 4.78 is 58.2. The topological polar surface area (TPSA) is 85.4 Å². The maximum absolute atomic E-state index is 13.8. The van der Waals surface area contributed by atoms with Crippen LogP contribution in [-0.2, 0) is 26.0 Å². The molecule has 0 aliphatic rings. The number of nitrogens with one attached hydrogen (secondary N) is 1. The minimum Gasteiger partial charge on any atom is -0.466 e. The molecule has 130 valence electrons. The van der Waals surface area contributed by atoms with E-state index in [1.54, 1.807) is 6.92 Å². The zero-order valence-electron chi connectivity index (χ0n) is 12.2. The molecule has 6 nitrogen and oxygen atoms in total. The number of carbonyl (C=O) groups is 1. The van der Waals surface area contributed by atoms with Crippen molar-refractivity contribution in [1.82, 2.24) is 4.98 Å². The molecular weight excluding hydrogens is 430 g/mol. The van der Waals surface area contributed by atoms with E-state index in [2.05, 4.69) is 25.6 Å². The monoisotopic (exact) mass is 440 g/mol. The predicted octanol–water partition coefficient (Wildman–Crippen LogP) is 3.09. The third-order valence-electron chi connectivity index (χ3n) is 2.67. The van der Waals surface area contributed by atoms with Gasteiger partial charge in [-0.15, -0.1) is 11.3 Å². The van der Waals surface area contributed by atoms with Crippen molar-refractivity contribution in [2.45, 2.75) is 18.2 Å². The Balaban J connectivity index is 2.20. The van der Waals surface area contributed by atoms with Crippen LogP contribution in [0.15, 0.2) is 26.9 Å². The number of hydrogen-bond acceptors (Lipinski definition) is 6. The van der Waals surface area contributed by atoms with Crippen molar-refractivity contribution in [2.75, 3.05) is 11.3 Å². The average Bonchev–Trinajstić information content (AvgIpc) is 2.89. The molecule has 0 unspecified atom stereocenters. The molecule has 0 spiro atoms. The van der Waals surface area contributed by atoms with Crippen LogP contribution in [0.4, 0.5) is 13.9 Å². The number of nitrogens with zero attached hydrogens (tertiary/aromatic N) is 1. The zero-order chi connectivity index (χ0) is 17.9. The van der Waals surface area contributed by atoms with E-state index >= 15 is 0 Å². The van der Waals surface area contributed by atoms with Crippen LogP contribution in [0.3, 0.4) is 0 Å². The summed E-state index contributed by atoms with van der Waals surface area (Å²) in [5.74, 6) is -2.53. The fourth-order valence-corrected chi connectivity index (χ4v) is 4.03. The molecule has 0 saturated carbocycles. The van der Waals surface area contributed by atoms with Crippen molar-refractivity contribution in [2.24, 2.45) is 0 Å². The molecule has 2 rings (SSSR count). The molecule has 0 bridgehead atoms. The lowest BCUT2D eigenvalue weighted by Crippen LogP contribution is -2.15. The van der Waals surface area contributed by atoms with Crippen LogP contribution in [0.1, 0.15) is 12.6 Å². The van der Waals surface area contributed by atoms with Crippen LogP contribution in [0, 0.1) is 11.6 Å². The van der Waals surface area contributed by atoms with Crippen LogP contribution in [0.5, 0.6) is 0 Å². The number of thiazole rings is 1. The molecule has 24 heavy (non-hydrogen) atoms. The Morgan fingerprint density at radius 2 is 2.08 bits per heavy atom. The van der Waals surface area contributed by atoms with Crippen molar-refractivity contribution in [1.29, 1.82) is 0 Å². The number of sulfonamides is 1. The first-order valence-corrected chi connectivity index (χ1v) is 9.66. The van der Waals surface area contributed by atoms with E-state index in [1.807, 2.05) is 0 Å². The fraction of sp³-hybridized carbons (Fsp3) is 0.231. The second-order valence-corrected chi connectivity index (χ2v) is 7.79. The summed E-state index contributed by atoms with van der Waals surface area (Å²) in [5.41, 5.74) is 0.304. The number of esters is 1. The summed E-state index contributed by atoms with van der Waals surface area (Å²) >= 11 is 3.68. The molecule has 1 N–H and O–H groups in total. The Bertz CT molecular complexity index is 871. The molecular formula is C13H11BrF2N2O4S2. The smallest absolute Gasteiger partial charge is 0.311 e. The van der Waals surface area contributed by atoms with Gasteiger partial charge in [0, 0.05) is 5.38 Å². The summed E-state index contributed by atoms with van der Waals surface area (Å²) in [7, 11) is -4.36. The summed E-state index contributed by atoms with van der Waals surface area (Å²) in [6, 6.07) is 1.28. The Kier molecular flexibility index (Phi) is 5.88. The van der Waals surface area contributed by atoms with E-state index in [0.717, 1.165) is 17.4 Å². The summed E-state index contributed by atoms with van der Waals surface area (Å²) in [6.45, 7) is 1.88. The van der Waals surface area contributed by atoms with Crippen LogP contribution in [-0.4, -0.2) is 26.0 Å². The number of hydrogen-bond donors (Lipinski definition) is 1. The molecule has 1 aromatic carbocycles. The van der Waals surface area contributed by atoms with Crippen LogP contribution in [0.2, 0.25) is 0 Å². The number of anilines is 1. The van der Waals surface area contributed by atoms with Gasteiger partial charge >= 0.3 is 5.97 Å². The van der Waals surface area contributed by atoms with E-state index < -0.39 is 32.5 Å². The highest BCUT2D eigenvalue weighted by molar-refractivity contribution is 9.10. The van der Waals surface area contributed by atoms with Gasteiger partial charge in [-0.2, -0.15) is 0 Å². The Hall–Kier alpha value is -1.59. The number of ether oxygens (including phenoxy) is 1. The van der Waals surface area contributed by atoms with Gasteiger partial charge in [0.2, 0.25) is 0 Å². The van der Waals surface area contributed by atoms with E-state index in [-0.39, 0.29) is 22.6 Å². The van der Waals surface area contributed by atoms with Gasteiger partial charge in [-0.3, -0.25) is 9.52 Å². The first kappa shape index (κ1) is 18.7. The SMILES string of the molecule is CCOC(=O)Cc1csc(NS(=O)(=O)c2cc(F)c(Br)cc2F)n1. The molecule has 1 aromatic heterocycles. The number of benzene rings is 1. The Morgan fingerprint density at radius 3 is 2.75 bits per heavy atom. The normalized spacial score (nSPS) is 11.3. The largest absolute Gasteiger partial charge is 0.466 e. The predicted molar refractivity (Wildman–Crippen MR) is 87.3 cm³/mol. The Labute approximate surface area is 149 Å². The lowest BCUT2D eigenvalue weighted by Gasteiger charge is -2.07. The summed E-state index contributed by atoms with van der Waals surface area (Å²) in [5, 5.41) is 1.39. The number of halogens is 3. The molecule has 0 saturated heterocycles. The van der Waals surface area contributed by atoms with Crippen molar-refractivity contribution >= 4 is 48.4 Å². The van der Waals surface area contributed by atoms with E-state index in [0.29, 0.717) is 11.8 Å². The highest BCUT2D eigenvalue weighted by Gasteiger charge is 2.23. The van der Waals surface area contributed by atoms with Crippen molar-refractivity contribution in [3.63, 3.8) is 0 Å². The molecule has 0 amide bonds. The van der Waals surface area contributed by atoms with Crippen molar-refractivity contribution < 1.29 is 26.7 Å². The van der Waals surface area contributed by atoms with Gasteiger partial charge in [0.1, 0.15) is 16.5 Å². The van der Waals surface area contributed by atoms with E-state index in [4.69, 9.17) is 4.74 Å². The fourth-order valence-electron chi connectivity index (χ4n) is 1.68.